The Morgan fingerprint density at radius 3 is 2.52 bits per heavy atom. The van der Waals surface area contributed by atoms with E-state index in [0.29, 0.717) is 17.3 Å². The summed E-state index contributed by atoms with van der Waals surface area (Å²) in [5, 5.41) is -0.0424. The lowest BCUT2D eigenvalue weighted by Gasteiger charge is -2.46. The van der Waals surface area contributed by atoms with E-state index in [0.717, 1.165) is 19.3 Å². The molecule has 0 unspecified atom stereocenters. The average Bonchev–Trinajstić information content (AvgIpc) is 2.48. The van der Waals surface area contributed by atoms with Crippen LogP contribution >= 0.6 is 39.1 Å². The molecule has 5 nitrogen and oxygen atoms in total. The van der Waals surface area contributed by atoms with Crippen molar-refractivity contribution in [3.63, 3.8) is 0 Å². The minimum absolute atomic E-state index is 0.0948. The smallest absolute Gasteiger partial charge is 0.220 e. The second-order valence-corrected chi connectivity index (χ2v) is 7.27. The number of hydrogen-bond donors (Lipinski definition) is 2. The first-order chi connectivity index (χ1) is 10.9. The van der Waals surface area contributed by atoms with E-state index in [1.165, 1.54) is 6.07 Å². The van der Waals surface area contributed by atoms with Crippen molar-refractivity contribution >= 4 is 56.7 Å². The molecule has 2 aliphatic rings. The van der Waals surface area contributed by atoms with Gasteiger partial charge in [0.25, 0.3) is 0 Å². The van der Waals surface area contributed by atoms with Crippen LogP contribution in [0.4, 0.5) is 10.1 Å². The van der Waals surface area contributed by atoms with E-state index in [1.807, 2.05) is 0 Å². The molecule has 23 heavy (non-hydrogen) atoms. The van der Waals surface area contributed by atoms with Crippen LogP contribution < -0.4 is 16.4 Å². The van der Waals surface area contributed by atoms with E-state index in [-0.39, 0.29) is 27.7 Å². The Hall–Kier alpha value is -1.05. The van der Waals surface area contributed by atoms with Crippen molar-refractivity contribution < 1.29 is 4.39 Å². The van der Waals surface area contributed by atoms with Crippen LogP contribution in [0.5, 0.6) is 0 Å². The minimum atomic E-state index is -0.741. The first kappa shape index (κ1) is 16.8. The number of benzene rings is 1. The van der Waals surface area contributed by atoms with Crippen molar-refractivity contribution in [1.29, 1.82) is 0 Å². The number of rotatable bonds is 1. The zero-order chi connectivity index (χ0) is 16.8. The van der Waals surface area contributed by atoms with Crippen LogP contribution in [0.25, 0.3) is 0 Å². The molecule has 0 radical (unpaired) electrons. The van der Waals surface area contributed by atoms with Gasteiger partial charge in [-0.05, 0) is 47.7 Å². The monoisotopic (exact) mass is 421 g/mol. The fourth-order valence-electron chi connectivity index (χ4n) is 3.21. The molecule has 1 aliphatic carbocycles. The number of halogens is 4. The van der Waals surface area contributed by atoms with Gasteiger partial charge in [-0.15, -0.1) is 0 Å². The molecule has 0 aromatic heterocycles. The maximum absolute atomic E-state index is 14.8. The molecular weight excluding hydrogens is 408 g/mol. The van der Waals surface area contributed by atoms with Gasteiger partial charge in [0.05, 0.1) is 15.7 Å². The Balaban J connectivity index is 2.21. The van der Waals surface area contributed by atoms with E-state index in [9.17, 15) is 4.39 Å². The summed E-state index contributed by atoms with van der Waals surface area (Å²) in [6, 6.07) is 1.54. The normalized spacial score (nSPS) is 20.4. The standard InChI is InChI=1S/C14H15BrCl2FN5/c15-7-6-8(16)9(17)10(18)11(7)23-13(20)21-12(19)22-14(23)4-2-1-3-5-14/h6H,1-5H2,(H4,19,20,21,22). The highest BCUT2D eigenvalue weighted by Crippen LogP contribution is 2.45. The first-order valence-electron chi connectivity index (χ1n) is 7.18. The Bertz CT molecular complexity index is 716. The maximum atomic E-state index is 14.8. The molecule has 3 rings (SSSR count). The average molecular weight is 423 g/mol. The molecule has 1 aromatic rings. The minimum Gasteiger partial charge on any atom is -0.369 e. The van der Waals surface area contributed by atoms with E-state index in [4.69, 9.17) is 34.7 Å². The first-order valence-corrected chi connectivity index (χ1v) is 8.73. The summed E-state index contributed by atoms with van der Waals surface area (Å²) >= 11 is 15.3. The van der Waals surface area contributed by atoms with Crippen LogP contribution in [0.1, 0.15) is 32.1 Å². The zero-order valence-electron chi connectivity index (χ0n) is 12.1. The van der Waals surface area contributed by atoms with Crippen LogP contribution in [0, 0.1) is 5.82 Å². The number of hydrogen-bond acceptors (Lipinski definition) is 5. The lowest BCUT2D eigenvalue weighted by atomic mass is 9.87. The van der Waals surface area contributed by atoms with Gasteiger partial charge in [0, 0.05) is 4.47 Å². The second kappa shape index (κ2) is 6.11. The van der Waals surface area contributed by atoms with Crippen LogP contribution in [0.15, 0.2) is 20.5 Å². The molecule has 1 aliphatic heterocycles. The largest absolute Gasteiger partial charge is 0.369 e. The Labute approximate surface area is 151 Å². The molecule has 0 amide bonds. The van der Waals surface area contributed by atoms with Crippen molar-refractivity contribution in [3.8, 4) is 0 Å². The Kier molecular flexibility index (Phi) is 4.46. The van der Waals surface area contributed by atoms with Crippen molar-refractivity contribution in [2.24, 2.45) is 21.5 Å². The highest BCUT2D eigenvalue weighted by atomic mass is 79.9. The molecule has 4 N–H and O–H groups in total. The maximum Gasteiger partial charge on any atom is 0.220 e. The SMILES string of the molecule is NC1=NC2(CCCCC2)N(c2c(Br)cc(Cl)c(Cl)c2F)C(N)=N1. The van der Waals surface area contributed by atoms with E-state index >= 15 is 0 Å². The fourth-order valence-corrected chi connectivity index (χ4v) is 4.25. The summed E-state index contributed by atoms with van der Waals surface area (Å²) in [7, 11) is 0. The molecule has 0 atom stereocenters. The molecule has 1 aromatic carbocycles. The molecule has 1 fully saturated rings. The molecule has 1 heterocycles. The number of anilines is 1. The number of aliphatic imine (C=N–C) groups is 2. The van der Waals surface area contributed by atoms with Gasteiger partial charge in [0.1, 0.15) is 5.66 Å². The Morgan fingerprint density at radius 2 is 1.87 bits per heavy atom. The lowest BCUT2D eigenvalue weighted by molar-refractivity contribution is 0.303. The fraction of sp³-hybridized carbons (Fsp3) is 0.429. The molecule has 0 bridgehead atoms. The number of nitrogens with two attached hydrogens (primary N) is 2. The summed E-state index contributed by atoms with van der Waals surface area (Å²) in [6.45, 7) is 0. The third-order valence-corrected chi connectivity index (χ3v) is 5.53. The van der Waals surface area contributed by atoms with Gasteiger partial charge < -0.3 is 11.5 Å². The van der Waals surface area contributed by atoms with Gasteiger partial charge >= 0.3 is 0 Å². The summed E-state index contributed by atoms with van der Waals surface area (Å²) in [4.78, 5) is 10.1. The summed E-state index contributed by atoms with van der Waals surface area (Å²) < 4.78 is 15.3. The van der Waals surface area contributed by atoms with Gasteiger partial charge in [0.15, 0.2) is 5.82 Å². The van der Waals surface area contributed by atoms with Gasteiger partial charge in [0.2, 0.25) is 11.9 Å². The third-order valence-electron chi connectivity index (χ3n) is 4.16. The van der Waals surface area contributed by atoms with Crippen LogP contribution in [0.3, 0.4) is 0 Å². The second-order valence-electron chi connectivity index (χ2n) is 5.64. The van der Waals surface area contributed by atoms with Gasteiger partial charge in [-0.1, -0.05) is 29.6 Å². The molecule has 9 heteroatoms. The highest BCUT2D eigenvalue weighted by Gasteiger charge is 2.44. The van der Waals surface area contributed by atoms with Crippen LogP contribution in [0.2, 0.25) is 10.0 Å². The third kappa shape index (κ3) is 2.79. The quantitative estimate of drug-likeness (QED) is 0.530. The van der Waals surface area contributed by atoms with E-state index < -0.39 is 11.5 Å². The predicted octanol–water partition coefficient (Wildman–Crippen LogP) is 4.00. The highest BCUT2D eigenvalue weighted by molar-refractivity contribution is 9.10. The topological polar surface area (TPSA) is 80.0 Å². The molecule has 124 valence electrons. The molecular formula is C14H15BrCl2FN5. The predicted molar refractivity (Wildman–Crippen MR) is 95.7 cm³/mol. The van der Waals surface area contributed by atoms with Crippen molar-refractivity contribution in [3.05, 3.63) is 26.4 Å². The van der Waals surface area contributed by atoms with Crippen molar-refractivity contribution in [2.75, 3.05) is 4.90 Å². The van der Waals surface area contributed by atoms with Crippen molar-refractivity contribution in [2.45, 2.75) is 37.8 Å². The van der Waals surface area contributed by atoms with E-state index in [1.54, 1.807) is 4.90 Å². The van der Waals surface area contributed by atoms with Crippen LogP contribution in [-0.2, 0) is 0 Å². The van der Waals surface area contributed by atoms with Gasteiger partial charge in [-0.25, -0.2) is 9.38 Å². The number of guanidine groups is 2. The summed E-state index contributed by atoms with van der Waals surface area (Å²) in [5.41, 5.74) is 11.3. The van der Waals surface area contributed by atoms with Crippen molar-refractivity contribution in [1.82, 2.24) is 0 Å². The number of nitrogens with zero attached hydrogens (tertiary/aromatic N) is 3. The zero-order valence-corrected chi connectivity index (χ0v) is 15.2. The van der Waals surface area contributed by atoms with Gasteiger partial charge in [-0.2, -0.15) is 4.99 Å². The van der Waals surface area contributed by atoms with Gasteiger partial charge in [-0.3, -0.25) is 4.90 Å². The summed E-state index contributed by atoms with van der Waals surface area (Å²) in [6.07, 6.45) is 4.39. The summed E-state index contributed by atoms with van der Waals surface area (Å²) in [5.74, 6) is -0.459. The molecule has 1 saturated carbocycles. The Morgan fingerprint density at radius 1 is 1.22 bits per heavy atom. The van der Waals surface area contributed by atoms with Crippen LogP contribution in [-0.4, -0.2) is 17.6 Å². The van der Waals surface area contributed by atoms with E-state index in [2.05, 4.69) is 25.9 Å². The molecule has 1 spiro atoms. The lowest BCUT2D eigenvalue weighted by Crippen LogP contribution is -2.58. The molecule has 0 saturated heterocycles.